The normalized spacial score (nSPS) is 23.7. The van der Waals surface area contributed by atoms with E-state index in [1.807, 2.05) is 24.3 Å². The molecule has 2 aromatic rings. The first-order chi connectivity index (χ1) is 9.03. The van der Waals surface area contributed by atoms with Gasteiger partial charge in [-0.15, -0.1) is 11.6 Å². The number of para-hydroxylation sites is 2. The van der Waals surface area contributed by atoms with Gasteiger partial charge in [0.2, 0.25) is 0 Å². The molecule has 2 atom stereocenters. The molecule has 1 saturated heterocycles. The molecule has 1 fully saturated rings. The van der Waals surface area contributed by atoms with Gasteiger partial charge in [0.15, 0.2) is 21.3 Å². The summed E-state index contributed by atoms with van der Waals surface area (Å²) in [5.74, 6) is 1.00. The van der Waals surface area contributed by atoms with Crippen LogP contribution in [0.4, 0.5) is 0 Å². The van der Waals surface area contributed by atoms with E-state index in [1.54, 1.807) is 0 Å². The van der Waals surface area contributed by atoms with Crippen molar-refractivity contribution in [3.63, 3.8) is 0 Å². The number of hydrogen-bond acceptors (Lipinski definition) is 4. The number of benzene rings is 1. The van der Waals surface area contributed by atoms with Crippen LogP contribution in [0, 0.1) is 5.92 Å². The summed E-state index contributed by atoms with van der Waals surface area (Å²) >= 11 is 6.31. The second kappa shape index (κ2) is 4.80. The lowest BCUT2D eigenvalue weighted by Gasteiger charge is -2.13. The third-order valence-electron chi connectivity index (χ3n) is 3.49. The molecular weight excluding hydrogens is 286 g/mol. The van der Waals surface area contributed by atoms with Crippen molar-refractivity contribution in [2.45, 2.75) is 18.2 Å². The van der Waals surface area contributed by atoms with E-state index in [9.17, 15) is 8.42 Å². The number of nitrogens with zero attached hydrogens (tertiary/aromatic N) is 1. The van der Waals surface area contributed by atoms with Crippen molar-refractivity contribution in [1.29, 1.82) is 0 Å². The van der Waals surface area contributed by atoms with Crippen LogP contribution in [-0.4, -0.2) is 30.3 Å². The summed E-state index contributed by atoms with van der Waals surface area (Å²) in [5.41, 5.74) is 1.54. The summed E-state index contributed by atoms with van der Waals surface area (Å²) in [6.07, 6.45) is 1.10. The van der Waals surface area contributed by atoms with Gasteiger partial charge >= 0.3 is 0 Å². The number of hydrogen-bond donors (Lipinski definition) is 0. The molecule has 1 aromatic carbocycles. The molecule has 1 aliphatic rings. The maximum Gasteiger partial charge on any atom is 0.196 e. The molecule has 4 nitrogen and oxygen atoms in total. The second-order valence-corrected chi connectivity index (χ2v) is 7.75. The number of halogens is 1. The number of fused-ring (bicyclic) bond motifs is 1. The molecule has 0 saturated carbocycles. The van der Waals surface area contributed by atoms with Gasteiger partial charge in [0, 0.05) is 11.8 Å². The predicted molar refractivity (Wildman–Crippen MR) is 74.1 cm³/mol. The Labute approximate surface area is 116 Å². The van der Waals surface area contributed by atoms with E-state index in [2.05, 4.69) is 4.98 Å². The van der Waals surface area contributed by atoms with Crippen molar-refractivity contribution < 1.29 is 12.8 Å². The monoisotopic (exact) mass is 299 g/mol. The summed E-state index contributed by atoms with van der Waals surface area (Å²) in [6.45, 7) is 0. The van der Waals surface area contributed by atoms with Crippen LogP contribution in [0.15, 0.2) is 28.7 Å². The molecule has 0 bridgehead atoms. The summed E-state index contributed by atoms with van der Waals surface area (Å²) in [6, 6.07) is 7.52. The number of rotatable bonds is 3. The highest BCUT2D eigenvalue weighted by molar-refractivity contribution is 7.91. The zero-order valence-corrected chi connectivity index (χ0v) is 11.8. The topological polar surface area (TPSA) is 60.2 Å². The first kappa shape index (κ1) is 12.9. The Hall–Kier alpha value is -1.07. The highest BCUT2D eigenvalue weighted by atomic mass is 35.5. The predicted octanol–water partition coefficient (Wildman–Crippen LogP) is 2.41. The Kier molecular flexibility index (Phi) is 3.27. The molecule has 1 aliphatic heterocycles. The Bertz CT molecular complexity index is 662. The standard InChI is InChI=1S/C13H14ClNO3S/c14-10(9-5-6-19(16,17)8-9)7-13-15-11-3-1-2-4-12(11)18-13/h1-4,9-10H,5-8H2. The first-order valence-electron chi connectivity index (χ1n) is 6.22. The van der Waals surface area contributed by atoms with Crippen LogP contribution in [0.3, 0.4) is 0 Å². The minimum atomic E-state index is -2.89. The second-order valence-electron chi connectivity index (χ2n) is 4.96. The molecule has 102 valence electrons. The van der Waals surface area contributed by atoms with Crippen molar-refractivity contribution in [1.82, 2.24) is 4.98 Å². The van der Waals surface area contributed by atoms with Crippen molar-refractivity contribution >= 4 is 32.5 Å². The van der Waals surface area contributed by atoms with Gasteiger partial charge in [-0.25, -0.2) is 13.4 Å². The highest BCUT2D eigenvalue weighted by Crippen LogP contribution is 2.28. The van der Waals surface area contributed by atoms with Crippen molar-refractivity contribution in [3.05, 3.63) is 30.2 Å². The molecule has 0 amide bonds. The number of alkyl halides is 1. The van der Waals surface area contributed by atoms with Crippen LogP contribution in [-0.2, 0) is 16.3 Å². The van der Waals surface area contributed by atoms with E-state index in [1.165, 1.54) is 0 Å². The maximum atomic E-state index is 11.4. The Balaban J connectivity index is 1.74. The lowest BCUT2D eigenvalue weighted by Crippen LogP contribution is -2.19. The van der Waals surface area contributed by atoms with Gasteiger partial charge < -0.3 is 4.42 Å². The summed E-state index contributed by atoms with van der Waals surface area (Å²) < 4.78 is 28.5. The zero-order chi connectivity index (χ0) is 13.5. The quantitative estimate of drug-likeness (QED) is 0.817. The van der Waals surface area contributed by atoms with E-state index in [4.69, 9.17) is 16.0 Å². The van der Waals surface area contributed by atoms with Gasteiger partial charge in [0.1, 0.15) is 5.52 Å². The molecule has 0 aliphatic carbocycles. The van der Waals surface area contributed by atoms with Crippen LogP contribution < -0.4 is 0 Å². The first-order valence-corrected chi connectivity index (χ1v) is 8.48. The van der Waals surface area contributed by atoms with E-state index in [0.29, 0.717) is 18.7 Å². The highest BCUT2D eigenvalue weighted by Gasteiger charge is 2.33. The lowest BCUT2D eigenvalue weighted by atomic mass is 10.0. The van der Waals surface area contributed by atoms with Crippen LogP contribution in [0.25, 0.3) is 11.1 Å². The Morgan fingerprint density at radius 2 is 2.21 bits per heavy atom. The summed E-state index contributed by atoms with van der Waals surface area (Å²) in [7, 11) is -2.89. The van der Waals surface area contributed by atoms with E-state index in [-0.39, 0.29) is 22.8 Å². The smallest absolute Gasteiger partial charge is 0.196 e. The van der Waals surface area contributed by atoms with Crippen LogP contribution in [0.1, 0.15) is 12.3 Å². The SMILES string of the molecule is O=S1(=O)CCC(C(Cl)Cc2nc3ccccc3o2)C1. The summed E-state index contributed by atoms with van der Waals surface area (Å²) in [4.78, 5) is 4.36. The number of oxazole rings is 1. The van der Waals surface area contributed by atoms with E-state index >= 15 is 0 Å². The average Bonchev–Trinajstić information content (AvgIpc) is 2.91. The zero-order valence-electron chi connectivity index (χ0n) is 10.3. The molecule has 1 aromatic heterocycles. The van der Waals surface area contributed by atoms with Crippen molar-refractivity contribution in [2.75, 3.05) is 11.5 Å². The van der Waals surface area contributed by atoms with Crippen LogP contribution >= 0.6 is 11.6 Å². The summed E-state index contributed by atoms with van der Waals surface area (Å²) in [5, 5.41) is -0.245. The fourth-order valence-electron chi connectivity index (χ4n) is 2.45. The molecule has 0 spiro atoms. The number of aromatic nitrogens is 1. The van der Waals surface area contributed by atoms with E-state index in [0.717, 1.165) is 11.1 Å². The largest absolute Gasteiger partial charge is 0.441 e. The van der Waals surface area contributed by atoms with E-state index < -0.39 is 9.84 Å². The van der Waals surface area contributed by atoms with Gasteiger partial charge in [-0.2, -0.15) is 0 Å². The molecule has 2 unspecified atom stereocenters. The molecule has 0 N–H and O–H groups in total. The number of sulfone groups is 1. The van der Waals surface area contributed by atoms with Crippen LogP contribution in [0.5, 0.6) is 0 Å². The molecule has 19 heavy (non-hydrogen) atoms. The molecular formula is C13H14ClNO3S. The minimum absolute atomic E-state index is 0.00155. The molecule has 0 radical (unpaired) electrons. The fourth-order valence-corrected chi connectivity index (χ4v) is 4.78. The van der Waals surface area contributed by atoms with Crippen molar-refractivity contribution in [3.8, 4) is 0 Å². The molecule has 6 heteroatoms. The Morgan fingerprint density at radius 3 is 2.89 bits per heavy atom. The van der Waals surface area contributed by atoms with Crippen molar-refractivity contribution in [2.24, 2.45) is 5.92 Å². The third kappa shape index (κ3) is 2.77. The van der Waals surface area contributed by atoms with Gasteiger partial charge in [0.25, 0.3) is 0 Å². The van der Waals surface area contributed by atoms with Crippen LogP contribution in [0.2, 0.25) is 0 Å². The molecule has 2 heterocycles. The van der Waals surface area contributed by atoms with Gasteiger partial charge in [-0.1, -0.05) is 12.1 Å². The Morgan fingerprint density at radius 1 is 1.42 bits per heavy atom. The van der Waals surface area contributed by atoms with Gasteiger partial charge in [0.05, 0.1) is 11.5 Å². The molecule has 3 rings (SSSR count). The lowest BCUT2D eigenvalue weighted by molar-refractivity contribution is 0.476. The minimum Gasteiger partial charge on any atom is -0.441 e. The van der Waals surface area contributed by atoms with Gasteiger partial charge in [-0.3, -0.25) is 0 Å². The maximum absolute atomic E-state index is 11.4. The third-order valence-corrected chi connectivity index (χ3v) is 5.79. The van der Waals surface area contributed by atoms with Gasteiger partial charge in [-0.05, 0) is 24.5 Å². The average molecular weight is 300 g/mol. The fraction of sp³-hybridized carbons (Fsp3) is 0.462.